The summed E-state index contributed by atoms with van der Waals surface area (Å²) in [5.41, 5.74) is 4.81. The number of aromatic nitrogens is 3. The fraction of sp³-hybridized carbons (Fsp3) is 0.182. The first-order valence-corrected chi connectivity index (χ1v) is 10.3. The van der Waals surface area contributed by atoms with E-state index in [-0.39, 0.29) is 12.8 Å². The van der Waals surface area contributed by atoms with Gasteiger partial charge in [-0.05, 0) is 51.7 Å². The van der Waals surface area contributed by atoms with E-state index in [1.54, 1.807) is 12.4 Å². The van der Waals surface area contributed by atoms with Crippen LogP contribution < -0.4 is 14.4 Å². The number of hydrogen-bond acceptors (Lipinski definition) is 5. The summed E-state index contributed by atoms with van der Waals surface area (Å²) in [5.74, 6) is 2.27. The van der Waals surface area contributed by atoms with Gasteiger partial charge in [-0.25, -0.2) is 9.97 Å². The number of para-hydroxylation sites is 1. The highest BCUT2D eigenvalue weighted by molar-refractivity contribution is 9.10. The fourth-order valence-electron chi connectivity index (χ4n) is 4.34. The number of hydrogen-bond donors (Lipinski definition) is 1. The summed E-state index contributed by atoms with van der Waals surface area (Å²) in [7, 11) is 0. The van der Waals surface area contributed by atoms with Crippen molar-refractivity contribution in [1.82, 2.24) is 15.0 Å². The Hall–Kier alpha value is -3.06. The number of nitrogens with zero attached hydrogens (tertiary/aromatic N) is 3. The maximum Gasteiger partial charge on any atom is 0.231 e. The van der Waals surface area contributed by atoms with Crippen molar-refractivity contribution in [2.75, 3.05) is 18.2 Å². The Morgan fingerprint density at radius 2 is 1.86 bits per heavy atom. The van der Waals surface area contributed by atoms with E-state index in [0.29, 0.717) is 5.95 Å². The average molecular weight is 449 g/mol. The number of aromatic amines is 1. The summed E-state index contributed by atoms with van der Waals surface area (Å²) in [4.78, 5) is 15.1. The Morgan fingerprint density at radius 1 is 1.03 bits per heavy atom. The third-order valence-corrected chi connectivity index (χ3v) is 6.02. The highest BCUT2D eigenvalue weighted by atomic mass is 79.9. The van der Waals surface area contributed by atoms with Gasteiger partial charge in [0, 0.05) is 35.5 Å². The van der Waals surface area contributed by atoms with Gasteiger partial charge in [0.1, 0.15) is 0 Å². The standard InChI is InChI=1S/C22H17BrN4O2/c23-14-10-24-22(25-11-14)27-8-7-16-15-3-1-2-4-17(15)26-20(16)21(27)13-5-6-18-19(9-13)29-12-28-18/h1-6,9-11,21,26H,7-8,12H2. The highest BCUT2D eigenvalue weighted by Gasteiger charge is 2.34. The highest BCUT2D eigenvalue weighted by Crippen LogP contribution is 2.42. The molecular formula is C22H17BrN4O2. The minimum Gasteiger partial charge on any atom is -0.454 e. The molecule has 2 aliphatic rings. The lowest BCUT2D eigenvalue weighted by molar-refractivity contribution is 0.174. The number of H-pyrrole nitrogens is 1. The number of rotatable bonds is 2. The topological polar surface area (TPSA) is 63.3 Å². The molecule has 7 heteroatoms. The number of benzene rings is 2. The number of fused-ring (bicyclic) bond motifs is 4. The van der Waals surface area contributed by atoms with Crippen LogP contribution in [0.3, 0.4) is 0 Å². The lowest BCUT2D eigenvalue weighted by atomic mass is 9.92. The number of anilines is 1. The third kappa shape index (κ3) is 2.68. The first kappa shape index (κ1) is 16.9. The van der Waals surface area contributed by atoms with Crippen LogP contribution in [0.5, 0.6) is 11.5 Å². The van der Waals surface area contributed by atoms with Crippen molar-refractivity contribution in [3.8, 4) is 11.5 Å². The molecule has 1 N–H and O–H groups in total. The quantitative estimate of drug-likeness (QED) is 0.485. The molecule has 0 aliphatic carbocycles. The van der Waals surface area contributed by atoms with E-state index in [0.717, 1.165) is 40.0 Å². The van der Waals surface area contributed by atoms with Crippen molar-refractivity contribution in [2.24, 2.45) is 0 Å². The summed E-state index contributed by atoms with van der Waals surface area (Å²) < 4.78 is 12.0. The van der Waals surface area contributed by atoms with Crippen LogP contribution in [0.1, 0.15) is 22.9 Å². The largest absolute Gasteiger partial charge is 0.454 e. The number of halogens is 1. The predicted molar refractivity (Wildman–Crippen MR) is 113 cm³/mol. The molecule has 2 aromatic heterocycles. The molecule has 6 rings (SSSR count). The van der Waals surface area contributed by atoms with Crippen molar-refractivity contribution in [3.63, 3.8) is 0 Å². The van der Waals surface area contributed by atoms with Gasteiger partial charge in [-0.15, -0.1) is 0 Å². The molecule has 0 radical (unpaired) electrons. The Labute approximate surface area is 175 Å². The van der Waals surface area contributed by atoms with Gasteiger partial charge in [-0.1, -0.05) is 24.3 Å². The van der Waals surface area contributed by atoms with Crippen LogP contribution in [-0.4, -0.2) is 28.3 Å². The molecule has 0 saturated carbocycles. The summed E-state index contributed by atoms with van der Waals surface area (Å²) in [6, 6.07) is 14.6. The van der Waals surface area contributed by atoms with E-state index in [1.807, 2.05) is 6.07 Å². The molecule has 2 aliphatic heterocycles. The van der Waals surface area contributed by atoms with Crippen LogP contribution in [-0.2, 0) is 6.42 Å². The van der Waals surface area contributed by atoms with Gasteiger partial charge < -0.3 is 19.4 Å². The van der Waals surface area contributed by atoms with Gasteiger partial charge >= 0.3 is 0 Å². The fourth-order valence-corrected chi connectivity index (χ4v) is 4.54. The summed E-state index contributed by atoms with van der Waals surface area (Å²) in [6.07, 6.45) is 4.51. The third-order valence-electron chi connectivity index (χ3n) is 5.61. The molecule has 0 saturated heterocycles. The van der Waals surface area contributed by atoms with Crippen LogP contribution in [0.25, 0.3) is 10.9 Å². The first-order valence-electron chi connectivity index (χ1n) is 9.51. The van der Waals surface area contributed by atoms with Gasteiger partial charge in [0.25, 0.3) is 0 Å². The van der Waals surface area contributed by atoms with E-state index in [4.69, 9.17) is 9.47 Å². The molecule has 0 fully saturated rings. The van der Waals surface area contributed by atoms with Gasteiger partial charge in [-0.3, -0.25) is 0 Å². The second-order valence-electron chi connectivity index (χ2n) is 7.22. The molecule has 4 aromatic rings. The molecule has 144 valence electrons. The van der Waals surface area contributed by atoms with Crippen molar-refractivity contribution in [1.29, 1.82) is 0 Å². The van der Waals surface area contributed by atoms with Gasteiger partial charge in [0.2, 0.25) is 12.7 Å². The molecule has 1 unspecified atom stereocenters. The van der Waals surface area contributed by atoms with Crippen LogP contribution in [0.2, 0.25) is 0 Å². The van der Waals surface area contributed by atoms with Crippen LogP contribution in [0, 0.1) is 0 Å². The maximum absolute atomic E-state index is 5.65. The van der Waals surface area contributed by atoms with E-state index in [2.05, 4.69) is 72.2 Å². The van der Waals surface area contributed by atoms with Gasteiger partial charge in [-0.2, -0.15) is 0 Å². The minimum atomic E-state index is -0.0400. The average Bonchev–Trinajstić information content (AvgIpc) is 3.37. The molecule has 0 spiro atoms. The van der Waals surface area contributed by atoms with Gasteiger partial charge in [0.05, 0.1) is 10.5 Å². The SMILES string of the molecule is Brc1cnc(N2CCc3c([nH]c4ccccc34)C2c2ccc3c(c2)OCO3)nc1. The van der Waals surface area contributed by atoms with Crippen molar-refractivity contribution >= 4 is 32.8 Å². The molecule has 6 nitrogen and oxygen atoms in total. The molecule has 29 heavy (non-hydrogen) atoms. The first-order chi connectivity index (χ1) is 14.3. The van der Waals surface area contributed by atoms with E-state index >= 15 is 0 Å². The second kappa shape index (κ2) is 6.49. The van der Waals surface area contributed by atoms with Crippen molar-refractivity contribution in [2.45, 2.75) is 12.5 Å². The summed E-state index contributed by atoms with van der Waals surface area (Å²) in [6.45, 7) is 1.09. The monoisotopic (exact) mass is 448 g/mol. The zero-order valence-electron chi connectivity index (χ0n) is 15.4. The lowest BCUT2D eigenvalue weighted by Gasteiger charge is -2.36. The second-order valence-corrected chi connectivity index (χ2v) is 8.14. The van der Waals surface area contributed by atoms with Crippen molar-refractivity contribution < 1.29 is 9.47 Å². The predicted octanol–water partition coefficient (Wildman–Crippen LogP) is 4.60. The number of ether oxygens (including phenoxy) is 2. The normalized spacial score (nSPS) is 17.6. The number of nitrogens with one attached hydrogen (secondary N) is 1. The molecular weight excluding hydrogens is 432 g/mol. The Balaban J connectivity index is 1.55. The smallest absolute Gasteiger partial charge is 0.231 e. The van der Waals surface area contributed by atoms with Gasteiger partial charge in [0.15, 0.2) is 11.5 Å². The Bertz CT molecular complexity index is 1220. The lowest BCUT2D eigenvalue weighted by Crippen LogP contribution is -2.37. The molecule has 1 atom stereocenters. The molecule has 0 bridgehead atoms. The zero-order valence-corrected chi connectivity index (χ0v) is 17.0. The van der Waals surface area contributed by atoms with E-state index in [9.17, 15) is 0 Å². The van der Waals surface area contributed by atoms with Crippen molar-refractivity contribution in [3.05, 3.63) is 76.2 Å². The Morgan fingerprint density at radius 3 is 2.76 bits per heavy atom. The van der Waals surface area contributed by atoms with Crippen LogP contribution in [0.4, 0.5) is 5.95 Å². The van der Waals surface area contributed by atoms with E-state index in [1.165, 1.54) is 16.6 Å². The maximum atomic E-state index is 5.65. The molecule has 0 amide bonds. The molecule has 4 heterocycles. The zero-order chi connectivity index (χ0) is 19.4. The summed E-state index contributed by atoms with van der Waals surface area (Å²) >= 11 is 3.43. The van der Waals surface area contributed by atoms with Crippen LogP contribution in [0.15, 0.2) is 59.3 Å². The van der Waals surface area contributed by atoms with E-state index < -0.39 is 0 Å². The minimum absolute atomic E-state index is 0.0400. The van der Waals surface area contributed by atoms with Crippen LogP contribution >= 0.6 is 15.9 Å². The molecule has 2 aromatic carbocycles. The summed E-state index contributed by atoms with van der Waals surface area (Å²) in [5, 5.41) is 1.28. The Kier molecular flexibility index (Phi) is 3.77.